The van der Waals surface area contributed by atoms with Crippen molar-refractivity contribution >= 4 is 11.6 Å². The molecule has 5 nitrogen and oxygen atoms in total. The Labute approximate surface area is 130 Å². The Bertz CT molecular complexity index is 553. The summed E-state index contributed by atoms with van der Waals surface area (Å²) in [7, 11) is 1.61. The van der Waals surface area contributed by atoms with Crippen molar-refractivity contribution in [1.82, 2.24) is 20.3 Å². The number of hydrogen-bond acceptors (Lipinski definition) is 4. The molecule has 2 heterocycles. The zero-order valence-electron chi connectivity index (χ0n) is 12.4. The van der Waals surface area contributed by atoms with Crippen LogP contribution in [0.4, 0.5) is 0 Å². The molecular formula is C15H21ClN4O. The predicted molar refractivity (Wildman–Crippen MR) is 83.5 cm³/mol. The molecule has 2 N–H and O–H groups in total. The lowest BCUT2D eigenvalue weighted by molar-refractivity contribution is 0.397. The van der Waals surface area contributed by atoms with Gasteiger partial charge in [-0.1, -0.05) is 31.0 Å². The van der Waals surface area contributed by atoms with Gasteiger partial charge in [0.1, 0.15) is 5.82 Å². The van der Waals surface area contributed by atoms with Gasteiger partial charge in [0.2, 0.25) is 5.88 Å². The van der Waals surface area contributed by atoms with Crippen LogP contribution in [0.1, 0.15) is 36.8 Å². The van der Waals surface area contributed by atoms with Gasteiger partial charge < -0.3 is 15.0 Å². The standard InChI is InChI=1S/C15H21ClN4O/c1-3-4-5-13-19-12(15(16)20-13)10-17-8-11-6-7-14(21-2)18-9-11/h6-7,9,17H,3-5,8,10H2,1-2H3,(H,19,20). The topological polar surface area (TPSA) is 62.8 Å². The molecular weight excluding hydrogens is 288 g/mol. The summed E-state index contributed by atoms with van der Waals surface area (Å²) < 4.78 is 5.03. The van der Waals surface area contributed by atoms with Gasteiger partial charge in [0, 0.05) is 31.8 Å². The molecule has 0 radical (unpaired) electrons. The first kappa shape index (κ1) is 15.8. The van der Waals surface area contributed by atoms with Crippen molar-refractivity contribution < 1.29 is 4.74 Å². The Kier molecular flexibility index (Phi) is 6.02. The summed E-state index contributed by atoms with van der Waals surface area (Å²) in [5, 5.41) is 3.89. The second-order valence-electron chi connectivity index (χ2n) is 4.87. The van der Waals surface area contributed by atoms with Gasteiger partial charge in [-0.05, 0) is 12.0 Å². The van der Waals surface area contributed by atoms with E-state index in [0.29, 0.717) is 17.6 Å². The first-order chi connectivity index (χ1) is 10.2. The molecule has 0 aliphatic rings. The van der Waals surface area contributed by atoms with E-state index >= 15 is 0 Å². The number of imidazole rings is 1. The number of hydrogen-bond donors (Lipinski definition) is 2. The Balaban J connectivity index is 1.83. The number of H-pyrrole nitrogens is 1. The Hall–Kier alpha value is -1.59. The number of aryl methyl sites for hydroxylation is 1. The van der Waals surface area contributed by atoms with E-state index < -0.39 is 0 Å². The highest BCUT2D eigenvalue weighted by Crippen LogP contribution is 2.14. The van der Waals surface area contributed by atoms with Gasteiger partial charge in [0.15, 0.2) is 5.15 Å². The molecule has 2 aromatic rings. The summed E-state index contributed by atoms with van der Waals surface area (Å²) >= 11 is 6.13. The minimum atomic E-state index is 0.557. The van der Waals surface area contributed by atoms with E-state index in [1.165, 1.54) is 0 Å². The predicted octanol–water partition coefficient (Wildman–Crippen LogP) is 3.10. The average molecular weight is 309 g/mol. The van der Waals surface area contributed by atoms with Crippen molar-refractivity contribution in [1.29, 1.82) is 0 Å². The highest BCUT2D eigenvalue weighted by molar-refractivity contribution is 6.30. The number of aromatic nitrogens is 3. The van der Waals surface area contributed by atoms with Gasteiger partial charge in [-0.15, -0.1) is 0 Å². The first-order valence-electron chi connectivity index (χ1n) is 7.15. The van der Waals surface area contributed by atoms with Gasteiger partial charge >= 0.3 is 0 Å². The minimum Gasteiger partial charge on any atom is -0.481 e. The smallest absolute Gasteiger partial charge is 0.212 e. The quantitative estimate of drug-likeness (QED) is 0.786. The van der Waals surface area contributed by atoms with E-state index in [-0.39, 0.29) is 0 Å². The number of methoxy groups -OCH3 is 1. The van der Waals surface area contributed by atoms with Crippen LogP contribution in [0.2, 0.25) is 5.15 Å². The molecule has 0 amide bonds. The molecule has 0 aliphatic heterocycles. The zero-order valence-corrected chi connectivity index (χ0v) is 13.2. The van der Waals surface area contributed by atoms with Crippen LogP contribution in [-0.4, -0.2) is 22.1 Å². The van der Waals surface area contributed by atoms with Gasteiger partial charge in [-0.25, -0.2) is 9.97 Å². The fourth-order valence-corrected chi connectivity index (χ4v) is 2.20. The molecule has 6 heteroatoms. The van der Waals surface area contributed by atoms with Crippen molar-refractivity contribution in [2.45, 2.75) is 39.3 Å². The lowest BCUT2D eigenvalue weighted by atomic mass is 10.2. The summed E-state index contributed by atoms with van der Waals surface area (Å²) in [6.45, 7) is 3.54. The number of nitrogens with one attached hydrogen (secondary N) is 2. The number of pyridine rings is 1. The molecule has 0 aromatic carbocycles. The van der Waals surface area contributed by atoms with Crippen LogP contribution in [0.3, 0.4) is 0 Å². The third kappa shape index (κ3) is 4.72. The fraction of sp³-hybridized carbons (Fsp3) is 0.467. The summed E-state index contributed by atoms with van der Waals surface area (Å²) in [6.07, 6.45) is 5.01. The first-order valence-corrected chi connectivity index (χ1v) is 7.53. The van der Waals surface area contributed by atoms with E-state index in [1.807, 2.05) is 12.1 Å². The maximum absolute atomic E-state index is 6.13. The van der Waals surface area contributed by atoms with Crippen LogP contribution in [-0.2, 0) is 19.5 Å². The number of aromatic amines is 1. The maximum atomic E-state index is 6.13. The second-order valence-corrected chi connectivity index (χ2v) is 5.23. The third-order valence-corrected chi connectivity index (χ3v) is 3.49. The molecule has 0 aliphatic carbocycles. The Morgan fingerprint density at radius 2 is 2.19 bits per heavy atom. The summed E-state index contributed by atoms with van der Waals surface area (Å²) in [5.74, 6) is 1.58. The van der Waals surface area contributed by atoms with Crippen LogP contribution in [0.25, 0.3) is 0 Å². The molecule has 0 unspecified atom stereocenters. The second kappa shape index (κ2) is 8.00. The van der Waals surface area contributed by atoms with E-state index in [0.717, 1.165) is 42.9 Å². The highest BCUT2D eigenvalue weighted by atomic mass is 35.5. The van der Waals surface area contributed by atoms with Crippen LogP contribution < -0.4 is 10.1 Å². The van der Waals surface area contributed by atoms with E-state index in [4.69, 9.17) is 16.3 Å². The molecule has 0 bridgehead atoms. The molecule has 114 valence electrons. The SMILES string of the molecule is CCCCc1nc(Cl)c(CNCc2ccc(OC)nc2)[nH]1. The summed E-state index contributed by atoms with van der Waals surface area (Å²) in [4.78, 5) is 11.8. The maximum Gasteiger partial charge on any atom is 0.212 e. The van der Waals surface area contributed by atoms with Crippen LogP contribution in [0.15, 0.2) is 18.3 Å². The number of ether oxygens (including phenoxy) is 1. The van der Waals surface area contributed by atoms with Crippen LogP contribution >= 0.6 is 11.6 Å². The molecule has 0 spiro atoms. The summed E-state index contributed by atoms with van der Waals surface area (Å²) in [6, 6.07) is 3.84. The fourth-order valence-electron chi connectivity index (χ4n) is 1.99. The molecule has 0 saturated heterocycles. The molecule has 21 heavy (non-hydrogen) atoms. The minimum absolute atomic E-state index is 0.557. The molecule has 0 fully saturated rings. The van der Waals surface area contributed by atoms with Crippen LogP contribution in [0.5, 0.6) is 5.88 Å². The van der Waals surface area contributed by atoms with Gasteiger partial charge in [-0.2, -0.15) is 0 Å². The molecule has 0 atom stereocenters. The average Bonchev–Trinajstić information content (AvgIpc) is 2.86. The van der Waals surface area contributed by atoms with E-state index in [9.17, 15) is 0 Å². The third-order valence-electron chi connectivity index (χ3n) is 3.18. The van der Waals surface area contributed by atoms with Gasteiger partial charge in [-0.3, -0.25) is 0 Å². The molecule has 0 saturated carbocycles. The Morgan fingerprint density at radius 3 is 2.86 bits per heavy atom. The number of halogens is 1. The van der Waals surface area contributed by atoms with Crippen molar-refractivity contribution in [2.75, 3.05) is 7.11 Å². The van der Waals surface area contributed by atoms with Crippen molar-refractivity contribution in [2.24, 2.45) is 0 Å². The zero-order chi connectivity index (χ0) is 15.1. The largest absolute Gasteiger partial charge is 0.481 e. The van der Waals surface area contributed by atoms with Crippen LogP contribution in [0, 0.1) is 0 Å². The number of nitrogens with zero attached hydrogens (tertiary/aromatic N) is 2. The molecule has 2 rings (SSSR count). The lowest BCUT2D eigenvalue weighted by Crippen LogP contribution is -2.13. The molecule has 2 aromatic heterocycles. The normalized spacial score (nSPS) is 10.8. The van der Waals surface area contributed by atoms with Crippen molar-refractivity contribution in [3.8, 4) is 5.88 Å². The number of rotatable bonds is 8. The van der Waals surface area contributed by atoms with Gasteiger partial charge in [0.05, 0.1) is 12.8 Å². The highest BCUT2D eigenvalue weighted by Gasteiger charge is 2.07. The van der Waals surface area contributed by atoms with Gasteiger partial charge in [0.25, 0.3) is 0 Å². The monoisotopic (exact) mass is 308 g/mol. The summed E-state index contributed by atoms with van der Waals surface area (Å²) in [5.41, 5.74) is 2.03. The van der Waals surface area contributed by atoms with E-state index in [1.54, 1.807) is 13.3 Å². The number of unbranched alkanes of at least 4 members (excludes halogenated alkanes) is 1. The van der Waals surface area contributed by atoms with Crippen molar-refractivity contribution in [3.05, 3.63) is 40.6 Å². The Morgan fingerprint density at radius 1 is 1.33 bits per heavy atom. The lowest BCUT2D eigenvalue weighted by Gasteiger charge is -2.04. The van der Waals surface area contributed by atoms with Crippen molar-refractivity contribution in [3.63, 3.8) is 0 Å². The van der Waals surface area contributed by atoms with E-state index in [2.05, 4.69) is 27.2 Å².